The molecule has 90 valence electrons. The van der Waals surface area contributed by atoms with Crippen molar-refractivity contribution >= 4 is 0 Å². The van der Waals surface area contributed by atoms with Gasteiger partial charge in [-0.05, 0) is 6.92 Å². The van der Waals surface area contributed by atoms with E-state index in [1.165, 1.54) is 0 Å². The van der Waals surface area contributed by atoms with E-state index in [4.69, 9.17) is 15.2 Å². The molecule has 16 heavy (non-hydrogen) atoms. The molecule has 0 bridgehead atoms. The van der Waals surface area contributed by atoms with Gasteiger partial charge in [0.05, 0.1) is 13.2 Å². The zero-order valence-electron chi connectivity index (χ0n) is 9.63. The zero-order valence-corrected chi connectivity index (χ0v) is 9.63. The molecular formula is C11H19N3O2. The van der Waals surface area contributed by atoms with Crippen LogP contribution in [0.5, 0.6) is 0 Å². The molecule has 2 heterocycles. The lowest BCUT2D eigenvalue weighted by molar-refractivity contribution is -0.0505. The van der Waals surface area contributed by atoms with E-state index in [-0.39, 0.29) is 12.3 Å². The van der Waals surface area contributed by atoms with Gasteiger partial charge in [-0.2, -0.15) is 0 Å². The smallest absolute Gasteiger partial charge is 0.159 e. The molecule has 2 rings (SSSR count). The van der Waals surface area contributed by atoms with E-state index in [0.717, 1.165) is 25.2 Å². The summed E-state index contributed by atoms with van der Waals surface area (Å²) in [5.74, 6) is 1.04. The third-order valence-electron chi connectivity index (χ3n) is 2.77. The monoisotopic (exact) mass is 225 g/mol. The van der Waals surface area contributed by atoms with Crippen molar-refractivity contribution in [3.8, 4) is 0 Å². The van der Waals surface area contributed by atoms with Gasteiger partial charge >= 0.3 is 0 Å². The van der Waals surface area contributed by atoms with E-state index >= 15 is 0 Å². The topological polar surface area (TPSA) is 62.3 Å². The SMILES string of the molecule is CCn1ccnc1CC(N)CC1OCCO1. The lowest BCUT2D eigenvalue weighted by Crippen LogP contribution is -2.30. The van der Waals surface area contributed by atoms with E-state index in [0.29, 0.717) is 13.2 Å². The number of nitrogens with zero attached hydrogens (tertiary/aromatic N) is 2. The van der Waals surface area contributed by atoms with Crippen LogP contribution in [0.15, 0.2) is 12.4 Å². The Hall–Kier alpha value is -0.910. The normalized spacial score (nSPS) is 19.1. The molecule has 1 aromatic rings. The summed E-state index contributed by atoms with van der Waals surface area (Å²) in [6, 6.07) is 0.0378. The third-order valence-corrected chi connectivity index (χ3v) is 2.77. The van der Waals surface area contributed by atoms with Crippen LogP contribution in [0.25, 0.3) is 0 Å². The summed E-state index contributed by atoms with van der Waals surface area (Å²) in [7, 11) is 0. The fourth-order valence-corrected chi connectivity index (χ4v) is 1.93. The molecule has 1 aliphatic heterocycles. The van der Waals surface area contributed by atoms with Crippen molar-refractivity contribution in [2.45, 2.75) is 38.6 Å². The zero-order chi connectivity index (χ0) is 11.4. The second-order valence-electron chi connectivity index (χ2n) is 4.00. The minimum absolute atomic E-state index is 0.0378. The fourth-order valence-electron chi connectivity index (χ4n) is 1.93. The number of ether oxygens (including phenoxy) is 2. The highest BCUT2D eigenvalue weighted by Gasteiger charge is 2.20. The standard InChI is InChI=1S/C11H19N3O2/c1-2-14-4-3-13-10(14)7-9(12)8-11-15-5-6-16-11/h3-4,9,11H,2,5-8,12H2,1H3. The Balaban J connectivity index is 1.84. The van der Waals surface area contributed by atoms with Crippen LogP contribution in [-0.4, -0.2) is 35.1 Å². The molecule has 1 saturated heterocycles. The Kier molecular flexibility index (Phi) is 3.93. The first kappa shape index (κ1) is 11.6. The quantitative estimate of drug-likeness (QED) is 0.794. The molecule has 5 heteroatoms. The van der Waals surface area contributed by atoms with Gasteiger partial charge in [0, 0.05) is 37.8 Å². The van der Waals surface area contributed by atoms with E-state index in [1.807, 2.05) is 12.4 Å². The molecule has 1 aliphatic rings. The van der Waals surface area contributed by atoms with E-state index in [2.05, 4.69) is 16.5 Å². The van der Waals surface area contributed by atoms with Gasteiger partial charge in [0.1, 0.15) is 5.82 Å². The van der Waals surface area contributed by atoms with Gasteiger partial charge in [-0.15, -0.1) is 0 Å². The maximum Gasteiger partial charge on any atom is 0.159 e. The lowest BCUT2D eigenvalue weighted by Gasteiger charge is -2.15. The highest BCUT2D eigenvalue weighted by atomic mass is 16.7. The number of imidazole rings is 1. The second-order valence-corrected chi connectivity index (χ2v) is 4.00. The van der Waals surface area contributed by atoms with Gasteiger partial charge in [-0.25, -0.2) is 4.98 Å². The van der Waals surface area contributed by atoms with Crippen LogP contribution in [-0.2, 0) is 22.4 Å². The van der Waals surface area contributed by atoms with Crippen LogP contribution in [0.3, 0.4) is 0 Å². The first-order valence-corrected chi connectivity index (χ1v) is 5.78. The molecule has 0 radical (unpaired) electrons. The van der Waals surface area contributed by atoms with Crippen molar-refractivity contribution in [3.05, 3.63) is 18.2 Å². The van der Waals surface area contributed by atoms with Crippen molar-refractivity contribution in [1.29, 1.82) is 0 Å². The number of hydrogen-bond donors (Lipinski definition) is 1. The van der Waals surface area contributed by atoms with Crippen LogP contribution in [0.4, 0.5) is 0 Å². The van der Waals surface area contributed by atoms with Crippen LogP contribution in [0.2, 0.25) is 0 Å². The summed E-state index contributed by atoms with van der Waals surface area (Å²) >= 11 is 0. The van der Waals surface area contributed by atoms with Crippen molar-refractivity contribution in [2.24, 2.45) is 5.73 Å². The second kappa shape index (κ2) is 5.43. The lowest BCUT2D eigenvalue weighted by atomic mass is 10.1. The van der Waals surface area contributed by atoms with Crippen LogP contribution >= 0.6 is 0 Å². The predicted molar refractivity (Wildman–Crippen MR) is 59.9 cm³/mol. The molecular weight excluding hydrogens is 206 g/mol. The minimum atomic E-state index is -0.125. The summed E-state index contributed by atoms with van der Waals surface area (Å²) < 4.78 is 12.8. The molecule has 0 aliphatic carbocycles. The first-order valence-electron chi connectivity index (χ1n) is 5.78. The Morgan fingerprint density at radius 3 is 3.00 bits per heavy atom. The number of aryl methyl sites for hydroxylation is 1. The largest absolute Gasteiger partial charge is 0.350 e. The van der Waals surface area contributed by atoms with E-state index in [1.54, 1.807) is 0 Å². The first-order chi connectivity index (χ1) is 7.79. The van der Waals surface area contributed by atoms with Gasteiger partial charge in [0.2, 0.25) is 0 Å². The maximum absolute atomic E-state index is 6.05. The van der Waals surface area contributed by atoms with Crippen molar-refractivity contribution in [3.63, 3.8) is 0 Å². The molecule has 1 unspecified atom stereocenters. The van der Waals surface area contributed by atoms with Gasteiger partial charge in [0.25, 0.3) is 0 Å². The average Bonchev–Trinajstić information content (AvgIpc) is 2.88. The summed E-state index contributed by atoms with van der Waals surface area (Å²) in [5, 5.41) is 0. The number of aromatic nitrogens is 2. The van der Waals surface area contributed by atoms with Gasteiger partial charge in [-0.3, -0.25) is 0 Å². The summed E-state index contributed by atoms with van der Waals surface area (Å²) in [5.41, 5.74) is 6.05. The third kappa shape index (κ3) is 2.81. The van der Waals surface area contributed by atoms with Crippen molar-refractivity contribution < 1.29 is 9.47 Å². The minimum Gasteiger partial charge on any atom is -0.350 e. The van der Waals surface area contributed by atoms with E-state index in [9.17, 15) is 0 Å². The van der Waals surface area contributed by atoms with E-state index < -0.39 is 0 Å². The number of nitrogens with two attached hydrogens (primary N) is 1. The Morgan fingerprint density at radius 2 is 2.31 bits per heavy atom. The molecule has 5 nitrogen and oxygen atoms in total. The highest BCUT2D eigenvalue weighted by molar-refractivity contribution is 4.95. The van der Waals surface area contributed by atoms with Gasteiger partial charge in [0.15, 0.2) is 6.29 Å². The van der Waals surface area contributed by atoms with Crippen LogP contribution < -0.4 is 5.73 Å². The summed E-state index contributed by atoms with van der Waals surface area (Å²) in [6.45, 7) is 4.39. The van der Waals surface area contributed by atoms with Gasteiger partial charge < -0.3 is 19.8 Å². The predicted octanol–water partition coefficient (Wildman–Crippen LogP) is 0.536. The summed E-state index contributed by atoms with van der Waals surface area (Å²) in [4.78, 5) is 4.30. The van der Waals surface area contributed by atoms with Crippen molar-refractivity contribution in [1.82, 2.24) is 9.55 Å². The molecule has 2 N–H and O–H groups in total. The Bertz CT molecular complexity index is 321. The molecule has 0 spiro atoms. The molecule has 0 aromatic carbocycles. The molecule has 1 aromatic heterocycles. The van der Waals surface area contributed by atoms with Crippen LogP contribution in [0.1, 0.15) is 19.2 Å². The Morgan fingerprint density at radius 1 is 1.56 bits per heavy atom. The molecule has 1 fully saturated rings. The Labute approximate surface area is 95.6 Å². The number of hydrogen-bond acceptors (Lipinski definition) is 4. The highest BCUT2D eigenvalue weighted by Crippen LogP contribution is 2.12. The molecule has 0 saturated carbocycles. The average molecular weight is 225 g/mol. The number of rotatable bonds is 5. The van der Waals surface area contributed by atoms with Gasteiger partial charge in [-0.1, -0.05) is 0 Å². The summed E-state index contributed by atoms with van der Waals surface area (Å²) in [6.07, 6.45) is 5.17. The molecule has 1 atom stereocenters. The maximum atomic E-state index is 6.05. The van der Waals surface area contributed by atoms with Crippen molar-refractivity contribution in [2.75, 3.05) is 13.2 Å². The fraction of sp³-hybridized carbons (Fsp3) is 0.727. The van der Waals surface area contributed by atoms with Crippen LogP contribution in [0, 0.1) is 0 Å². The molecule has 0 amide bonds.